The van der Waals surface area contributed by atoms with E-state index >= 15 is 0 Å². The third-order valence-corrected chi connectivity index (χ3v) is 2.83. The molecule has 2 aromatic carbocycles. The second kappa shape index (κ2) is 4.49. The number of fused-ring (bicyclic) bond motifs is 1. The molecule has 0 fully saturated rings. The van der Waals surface area contributed by atoms with Crippen molar-refractivity contribution in [2.24, 2.45) is 0 Å². The summed E-state index contributed by atoms with van der Waals surface area (Å²) in [6.45, 7) is 2.01. The fourth-order valence-corrected chi connectivity index (χ4v) is 1.91. The van der Waals surface area contributed by atoms with Crippen LogP contribution in [0.1, 0.15) is 5.56 Å². The first-order valence-electron chi connectivity index (χ1n) is 5.92. The molecule has 0 atom stereocenters. The van der Waals surface area contributed by atoms with Crippen molar-refractivity contribution in [2.45, 2.75) is 6.92 Å². The number of aryl methyl sites for hydroxylation is 1. The second-order valence-electron chi connectivity index (χ2n) is 4.22. The van der Waals surface area contributed by atoms with Gasteiger partial charge in [-0.05, 0) is 31.2 Å². The number of para-hydroxylation sites is 2. The summed E-state index contributed by atoms with van der Waals surface area (Å²) in [5.74, 6) is 1.48. The topological polar surface area (TPSA) is 22.1 Å². The molecule has 0 unspecified atom stereocenters. The summed E-state index contributed by atoms with van der Waals surface area (Å²) in [5, 5.41) is 1.13. The van der Waals surface area contributed by atoms with Crippen LogP contribution in [0, 0.1) is 6.92 Å². The van der Waals surface area contributed by atoms with Crippen LogP contribution in [0.5, 0.6) is 11.6 Å². The van der Waals surface area contributed by atoms with E-state index in [9.17, 15) is 0 Å². The molecule has 0 aliphatic rings. The van der Waals surface area contributed by atoms with Crippen LogP contribution in [-0.4, -0.2) is 4.98 Å². The van der Waals surface area contributed by atoms with Crippen molar-refractivity contribution in [1.29, 1.82) is 0 Å². The van der Waals surface area contributed by atoms with Gasteiger partial charge in [0.15, 0.2) is 0 Å². The summed E-state index contributed by atoms with van der Waals surface area (Å²) < 4.78 is 5.81. The fraction of sp³-hybridized carbons (Fsp3) is 0.0625. The largest absolute Gasteiger partial charge is 0.439 e. The average molecular weight is 235 g/mol. The Labute approximate surface area is 106 Å². The molecule has 1 heterocycles. The molecule has 2 nitrogen and oxygen atoms in total. The molecule has 0 N–H and O–H groups in total. The van der Waals surface area contributed by atoms with E-state index < -0.39 is 0 Å². The van der Waals surface area contributed by atoms with Gasteiger partial charge in [-0.1, -0.05) is 36.4 Å². The monoisotopic (exact) mass is 235 g/mol. The molecule has 1 aromatic heterocycles. The van der Waals surface area contributed by atoms with Crippen molar-refractivity contribution >= 4 is 10.9 Å². The van der Waals surface area contributed by atoms with Gasteiger partial charge in [-0.2, -0.15) is 0 Å². The maximum absolute atomic E-state index is 5.81. The number of hydrogen-bond donors (Lipinski definition) is 0. The van der Waals surface area contributed by atoms with Gasteiger partial charge in [-0.3, -0.25) is 0 Å². The van der Waals surface area contributed by atoms with Crippen molar-refractivity contribution in [1.82, 2.24) is 4.98 Å². The molecule has 0 aliphatic carbocycles. The third kappa shape index (κ3) is 2.05. The van der Waals surface area contributed by atoms with Crippen molar-refractivity contribution in [3.8, 4) is 11.6 Å². The van der Waals surface area contributed by atoms with Crippen LogP contribution in [0.4, 0.5) is 0 Å². The summed E-state index contributed by atoms with van der Waals surface area (Å²) in [6.07, 6.45) is 0. The Morgan fingerprint density at radius 3 is 2.44 bits per heavy atom. The molecule has 0 aliphatic heterocycles. The number of ether oxygens (including phenoxy) is 1. The minimum Gasteiger partial charge on any atom is -0.439 e. The minimum absolute atomic E-state index is 0.667. The Bertz CT molecular complexity index is 677. The summed E-state index contributed by atoms with van der Waals surface area (Å²) >= 11 is 0. The number of nitrogens with zero attached hydrogens (tertiary/aromatic N) is 1. The molecule has 88 valence electrons. The normalized spacial score (nSPS) is 10.5. The lowest BCUT2D eigenvalue weighted by Crippen LogP contribution is -1.92. The van der Waals surface area contributed by atoms with Crippen LogP contribution in [0.15, 0.2) is 60.7 Å². The van der Waals surface area contributed by atoms with Gasteiger partial charge in [0.05, 0.1) is 5.52 Å². The van der Waals surface area contributed by atoms with E-state index in [0.717, 1.165) is 22.2 Å². The standard InChI is InChI=1S/C16H13NO/c1-12-11-13-7-5-6-10-15(13)17-16(12)18-14-8-3-2-4-9-14/h2-11H,1H3. The molecule has 0 spiro atoms. The zero-order valence-electron chi connectivity index (χ0n) is 10.1. The maximum Gasteiger partial charge on any atom is 0.222 e. The average Bonchev–Trinajstić information content (AvgIpc) is 2.41. The first-order chi connectivity index (χ1) is 8.83. The van der Waals surface area contributed by atoms with Crippen molar-refractivity contribution in [3.63, 3.8) is 0 Å². The predicted octanol–water partition coefficient (Wildman–Crippen LogP) is 4.34. The lowest BCUT2D eigenvalue weighted by molar-refractivity contribution is 0.461. The smallest absolute Gasteiger partial charge is 0.222 e. The SMILES string of the molecule is Cc1cc2ccccc2nc1Oc1ccccc1. The Kier molecular flexibility index (Phi) is 2.69. The van der Waals surface area contributed by atoms with Crippen LogP contribution in [0.3, 0.4) is 0 Å². The van der Waals surface area contributed by atoms with E-state index in [1.54, 1.807) is 0 Å². The molecule has 3 rings (SSSR count). The fourth-order valence-electron chi connectivity index (χ4n) is 1.91. The first-order valence-corrected chi connectivity index (χ1v) is 5.92. The zero-order valence-corrected chi connectivity index (χ0v) is 10.1. The number of hydrogen-bond acceptors (Lipinski definition) is 2. The Morgan fingerprint density at radius 1 is 0.889 bits per heavy atom. The molecule has 0 saturated carbocycles. The van der Waals surface area contributed by atoms with E-state index in [1.165, 1.54) is 0 Å². The minimum atomic E-state index is 0.667. The van der Waals surface area contributed by atoms with Gasteiger partial charge in [0.2, 0.25) is 5.88 Å². The molecule has 2 heteroatoms. The molecular weight excluding hydrogens is 222 g/mol. The van der Waals surface area contributed by atoms with Crippen molar-refractivity contribution in [3.05, 3.63) is 66.2 Å². The number of rotatable bonds is 2. The molecule has 0 amide bonds. The Morgan fingerprint density at radius 2 is 1.61 bits per heavy atom. The van der Waals surface area contributed by atoms with Crippen LogP contribution in [0.2, 0.25) is 0 Å². The van der Waals surface area contributed by atoms with Gasteiger partial charge in [0.25, 0.3) is 0 Å². The second-order valence-corrected chi connectivity index (χ2v) is 4.22. The van der Waals surface area contributed by atoms with Gasteiger partial charge in [-0.25, -0.2) is 4.98 Å². The summed E-state index contributed by atoms with van der Waals surface area (Å²) in [4.78, 5) is 4.55. The van der Waals surface area contributed by atoms with Gasteiger partial charge < -0.3 is 4.74 Å². The van der Waals surface area contributed by atoms with Crippen LogP contribution < -0.4 is 4.74 Å². The van der Waals surface area contributed by atoms with E-state index in [4.69, 9.17) is 4.74 Å². The maximum atomic E-state index is 5.81. The molecule has 0 bridgehead atoms. The molecular formula is C16H13NO. The van der Waals surface area contributed by atoms with Gasteiger partial charge >= 0.3 is 0 Å². The highest BCUT2D eigenvalue weighted by molar-refractivity contribution is 5.79. The van der Waals surface area contributed by atoms with Crippen LogP contribution in [0.25, 0.3) is 10.9 Å². The highest BCUT2D eigenvalue weighted by atomic mass is 16.5. The van der Waals surface area contributed by atoms with Gasteiger partial charge in [-0.15, -0.1) is 0 Å². The molecule has 3 aromatic rings. The van der Waals surface area contributed by atoms with Gasteiger partial charge in [0.1, 0.15) is 5.75 Å². The highest BCUT2D eigenvalue weighted by Crippen LogP contribution is 2.25. The summed E-state index contributed by atoms with van der Waals surface area (Å²) in [5.41, 5.74) is 1.99. The van der Waals surface area contributed by atoms with Crippen molar-refractivity contribution in [2.75, 3.05) is 0 Å². The Balaban J connectivity index is 2.04. The molecule has 0 radical (unpaired) electrons. The summed E-state index contributed by atoms with van der Waals surface area (Å²) in [6, 6.07) is 19.9. The van der Waals surface area contributed by atoms with E-state index in [2.05, 4.69) is 17.1 Å². The predicted molar refractivity (Wildman–Crippen MR) is 73.0 cm³/mol. The molecule has 18 heavy (non-hydrogen) atoms. The van der Waals surface area contributed by atoms with E-state index in [0.29, 0.717) is 5.88 Å². The van der Waals surface area contributed by atoms with E-state index in [1.807, 2.05) is 55.5 Å². The lowest BCUT2D eigenvalue weighted by atomic mass is 10.2. The van der Waals surface area contributed by atoms with Crippen LogP contribution >= 0.6 is 0 Å². The van der Waals surface area contributed by atoms with E-state index in [-0.39, 0.29) is 0 Å². The number of pyridine rings is 1. The van der Waals surface area contributed by atoms with Crippen molar-refractivity contribution < 1.29 is 4.74 Å². The third-order valence-electron chi connectivity index (χ3n) is 2.83. The Hall–Kier alpha value is -2.35. The van der Waals surface area contributed by atoms with Gasteiger partial charge in [0, 0.05) is 10.9 Å². The number of benzene rings is 2. The zero-order chi connectivity index (χ0) is 12.4. The number of aromatic nitrogens is 1. The molecule has 0 saturated heterocycles. The lowest BCUT2D eigenvalue weighted by Gasteiger charge is -2.08. The quantitative estimate of drug-likeness (QED) is 0.659. The first kappa shape index (κ1) is 10.8. The summed E-state index contributed by atoms with van der Waals surface area (Å²) in [7, 11) is 0. The highest BCUT2D eigenvalue weighted by Gasteiger charge is 2.05. The van der Waals surface area contributed by atoms with Crippen LogP contribution in [-0.2, 0) is 0 Å².